The molecule has 4 nitrogen and oxygen atoms in total. The summed E-state index contributed by atoms with van der Waals surface area (Å²) >= 11 is 0. The molecule has 18 heavy (non-hydrogen) atoms. The van der Waals surface area contributed by atoms with E-state index in [4.69, 9.17) is 4.74 Å². The van der Waals surface area contributed by atoms with Gasteiger partial charge in [-0.25, -0.2) is 4.98 Å². The van der Waals surface area contributed by atoms with Gasteiger partial charge >= 0.3 is 0 Å². The van der Waals surface area contributed by atoms with Gasteiger partial charge in [0.1, 0.15) is 0 Å². The fourth-order valence-corrected chi connectivity index (χ4v) is 1.94. The number of imidazole rings is 1. The van der Waals surface area contributed by atoms with Gasteiger partial charge in [-0.2, -0.15) is 0 Å². The molecule has 0 radical (unpaired) electrons. The number of nitrogens with one attached hydrogen (secondary N) is 1. The highest BCUT2D eigenvalue weighted by atomic mass is 16.5. The molecule has 4 heteroatoms. The molecule has 1 atom stereocenters. The quantitative estimate of drug-likeness (QED) is 0.812. The Kier molecular flexibility index (Phi) is 5.66. The summed E-state index contributed by atoms with van der Waals surface area (Å²) in [6.45, 7) is 12.5. The first kappa shape index (κ1) is 15.0. The molecule has 0 aliphatic carbocycles. The van der Waals surface area contributed by atoms with Gasteiger partial charge in [0.25, 0.3) is 0 Å². The van der Waals surface area contributed by atoms with E-state index in [1.165, 1.54) is 0 Å². The number of hydrogen-bond acceptors (Lipinski definition) is 3. The van der Waals surface area contributed by atoms with Crippen LogP contribution in [0.2, 0.25) is 0 Å². The van der Waals surface area contributed by atoms with E-state index in [-0.39, 0.29) is 0 Å². The Morgan fingerprint density at radius 3 is 2.50 bits per heavy atom. The molecule has 1 unspecified atom stereocenters. The minimum Gasteiger partial charge on any atom is -0.383 e. The van der Waals surface area contributed by atoms with Gasteiger partial charge < -0.3 is 14.6 Å². The summed E-state index contributed by atoms with van der Waals surface area (Å²) < 4.78 is 7.47. The lowest BCUT2D eigenvalue weighted by atomic mass is 10.1. The number of ether oxygens (including phenoxy) is 1. The Labute approximate surface area is 111 Å². The molecule has 0 amide bonds. The number of anilines is 1. The molecule has 1 aromatic heterocycles. The molecule has 1 heterocycles. The van der Waals surface area contributed by atoms with Crippen molar-refractivity contribution in [1.29, 1.82) is 0 Å². The van der Waals surface area contributed by atoms with Crippen molar-refractivity contribution >= 4 is 5.95 Å². The van der Waals surface area contributed by atoms with E-state index in [0.29, 0.717) is 24.5 Å². The third-order valence-electron chi connectivity index (χ3n) is 2.92. The average molecular weight is 253 g/mol. The summed E-state index contributed by atoms with van der Waals surface area (Å²) in [6, 6.07) is 0.294. The van der Waals surface area contributed by atoms with Gasteiger partial charge in [-0.15, -0.1) is 0 Å². The van der Waals surface area contributed by atoms with Gasteiger partial charge in [-0.05, 0) is 18.8 Å². The lowest BCUT2D eigenvalue weighted by Crippen LogP contribution is -2.32. The maximum absolute atomic E-state index is 5.27. The number of methoxy groups -OCH3 is 1. The summed E-state index contributed by atoms with van der Waals surface area (Å²) in [5.41, 5.74) is 1.05. The first-order chi connectivity index (χ1) is 8.43. The maximum Gasteiger partial charge on any atom is 0.203 e. The van der Waals surface area contributed by atoms with Crippen molar-refractivity contribution in [1.82, 2.24) is 9.55 Å². The molecule has 0 aliphatic rings. The van der Waals surface area contributed by atoms with Crippen molar-refractivity contribution in [2.24, 2.45) is 11.8 Å². The normalized spacial score (nSPS) is 13.3. The topological polar surface area (TPSA) is 39.1 Å². The van der Waals surface area contributed by atoms with Crippen LogP contribution in [0.3, 0.4) is 0 Å². The van der Waals surface area contributed by atoms with Crippen molar-refractivity contribution in [3.63, 3.8) is 0 Å². The highest BCUT2D eigenvalue weighted by molar-refractivity contribution is 5.30. The molecule has 0 saturated carbocycles. The zero-order chi connectivity index (χ0) is 13.7. The molecule has 1 rings (SSSR count). The van der Waals surface area contributed by atoms with Crippen molar-refractivity contribution in [2.75, 3.05) is 19.0 Å². The van der Waals surface area contributed by atoms with E-state index >= 15 is 0 Å². The Morgan fingerprint density at radius 2 is 2.00 bits per heavy atom. The first-order valence-corrected chi connectivity index (χ1v) is 6.73. The highest BCUT2D eigenvalue weighted by Gasteiger charge is 2.16. The minimum atomic E-state index is 0.294. The standard InChI is InChI=1S/C14H27N3O/c1-10(2)7-17-8-12(5)15-14(17)16-13(9-18-6)11(3)4/h8,10-11,13H,7,9H2,1-6H3,(H,15,16). The molecule has 0 bridgehead atoms. The van der Waals surface area contributed by atoms with E-state index in [1.54, 1.807) is 7.11 Å². The van der Waals surface area contributed by atoms with Crippen LogP contribution in [0.25, 0.3) is 0 Å². The second-order valence-corrected chi connectivity index (χ2v) is 5.70. The van der Waals surface area contributed by atoms with Crippen LogP contribution in [0, 0.1) is 18.8 Å². The fourth-order valence-electron chi connectivity index (χ4n) is 1.94. The zero-order valence-electron chi connectivity index (χ0n) is 12.5. The van der Waals surface area contributed by atoms with Crippen molar-refractivity contribution < 1.29 is 4.74 Å². The lowest BCUT2D eigenvalue weighted by Gasteiger charge is -2.23. The summed E-state index contributed by atoms with van der Waals surface area (Å²) in [7, 11) is 1.74. The van der Waals surface area contributed by atoms with Crippen LogP contribution < -0.4 is 5.32 Å². The van der Waals surface area contributed by atoms with E-state index < -0.39 is 0 Å². The zero-order valence-corrected chi connectivity index (χ0v) is 12.5. The van der Waals surface area contributed by atoms with Gasteiger partial charge in [0, 0.05) is 19.9 Å². The number of nitrogens with zero attached hydrogens (tertiary/aromatic N) is 2. The van der Waals surface area contributed by atoms with Gasteiger partial charge in [0.15, 0.2) is 0 Å². The predicted molar refractivity (Wildman–Crippen MR) is 75.9 cm³/mol. The summed E-state index contributed by atoms with van der Waals surface area (Å²) in [5, 5.41) is 3.50. The first-order valence-electron chi connectivity index (χ1n) is 6.73. The second-order valence-electron chi connectivity index (χ2n) is 5.70. The van der Waals surface area contributed by atoms with Gasteiger partial charge in [0.2, 0.25) is 5.95 Å². The van der Waals surface area contributed by atoms with Crippen molar-refractivity contribution in [3.05, 3.63) is 11.9 Å². The summed E-state index contributed by atoms with van der Waals surface area (Å²) in [6.07, 6.45) is 2.10. The molecular weight excluding hydrogens is 226 g/mol. The average Bonchev–Trinajstić information content (AvgIpc) is 2.57. The maximum atomic E-state index is 5.27. The van der Waals surface area contributed by atoms with E-state index in [0.717, 1.165) is 18.2 Å². The Balaban J connectivity index is 2.80. The number of hydrogen-bond donors (Lipinski definition) is 1. The number of rotatable bonds is 7. The van der Waals surface area contributed by atoms with E-state index in [1.807, 2.05) is 6.92 Å². The van der Waals surface area contributed by atoms with Gasteiger partial charge in [-0.3, -0.25) is 0 Å². The molecule has 0 aliphatic heterocycles. The molecule has 104 valence electrons. The molecule has 0 aromatic carbocycles. The van der Waals surface area contributed by atoms with Crippen LogP contribution in [0.15, 0.2) is 6.20 Å². The van der Waals surface area contributed by atoms with Gasteiger partial charge in [-0.1, -0.05) is 27.7 Å². The Bertz CT molecular complexity index is 358. The van der Waals surface area contributed by atoms with Crippen molar-refractivity contribution in [3.8, 4) is 0 Å². The molecular formula is C14H27N3O. The monoisotopic (exact) mass is 253 g/mol. The van der Waals surface area contributed by atoms with Crippen LogP contribution in [0.1, 0.15) is 33.4 Å². The van der Waals surface area contributed by atoms with Crippen LogP contribution in [-0.4, -0.2) is 29.3 Å². The van der Waals surface area contributed by atoms with Crippen LogP contribution >= 0.6 is 0 Å². The largest absolute Gasteiger partial charge is 0.383 e. The van der Waals surface area contributed by atoms with E-state index in [9.17, 15) is 0 Å². The molecule has 1 aromatic rings. The van der Waals surface area contributed by atoms with Crippen molar-refractivity contribution in [2.45, 2.75) is 47.2 Å². The van der Waals surface area contributed by atoms with E-state index in [2.05, 4.69) is 48.8 Å². The molecule has 0 spiro atoms. The third-order valence-corrected chi connectivity index (χ3v) is 2.92. The van der Waals surface area contributed by atoms with Crippen LogP contribution in [-0.2, 0) is 11.3 Å². The second kappa shape index (κ2) is 6.78. The predicted octanol–water partition coefficient (Wildman–Crippen LogP) is 2.93. The molecule has 1 N–H and O–H groups in total. The van der Waals surface area contributed by atoms with Crippen LogP contribution in [0.5, 0.6) is 0 Å². The number of aromatic nitrogens is 2. The van der Waals surface area contributed by atoms with Gasteiger partial charge in [0.05, 0.1) is 18.3 Å². The summed E-state index contributed by atoms with van der Waals surface area (Å²) in [4.78, 5) is 4.56. The molecule has 0 saturated heterocycles. The number of aryl methyl sites for hydroxylation is 1. The van der Waals surface area contributed by atoms with Crippen LogP contribution in [0.4, 0.5) is 5.95 Å². The lowest BCUT2D eigenvalue weighted by molar-refractivity contribution is 0.170. The summed E-state index contributed by atoms with van der Waals surface area (Å²) in [5.74, 6) is 2.07. The minimum absolute atomic E-state index is 0.294. The Hall–Kier alpha value is -1.03. The highest BCUT2D eigenvalue weighted by Crippen LogP contribution is 2.15. The SMILES string of the molecule is COCC(Nc1nc(C)cn1CC(C)C)C(C)C. The smallest absolute Gasteiger partial charge is 0.203 e. The molecule has 0 fully saturated rings. The fraction of sp³-hybridized carbons (Fsp3) is 0.786. The Morgan fingerprint density at radius 1 is 1.33 bits per heavy atom. The third kappa shape index (κ3) is 4.33.